The van der Waals surface area contributed by atoms with Gasteiger partial charge in [0.15, 0.2) is 0 Å². The fourth-order valence-electron chi connectivity index (χ4n) is 4.02. The molecule has 5 rings (SSSR count). The largest absolute Gasteiger partial charge is 0.354 e. The molecule has 1 atom stereocenters. The number of hydrogen-bond donors (Lipinski definition) is 3. The van der Waals surface area contributed by atoms with Crippen LogP contribution in [0.15, 0.2) is 108 Å². The lowest BCUT2D eigenvalue weighted by molar-refractivity contribution is -0.122. The molecule has 2 heterocycles. The number of H-pyrrole nitrogens is 1. The number of amides is 2. The second-order valence-corrected chi connectivity index (χ2v) is 9.82. The topological polar surface area (TPSA) is 99.8 Å². The molecule has 3 aromatic carbocycles. The molecule has 0 radical (unpaired) electrons. The van der Waals surface area contributed by atoms with Gasteiger partial charge in [0.1, 0.15) is 11.9 Å². The van der Waals surface area contributed by atoms with Crippen molar-refractivity contribution in [2.75, 3.05) is 12.3 Å². The smallest absolute Gasteiger partial charge is 0.252 e. The molecule has 1 unspecified atom stereocenters. The summed E-state index contributed by atoms with van der Waals surface area (Å²) in [5.41, 5.74) is 4.00. The Morgan fingerprint density at radius 3 is 2.39 bits per heavy atom. The van der Waals surface area contributed by atoms with Crippen LogP contribution in [0.3, 0.4) is 0 Å². The average Bonchev–Trinajstić information content (AvgIpc) is 3.40. The lowest BCUT2D eigenvalue weighted by Gasteiger charge is -2.18. The zero-order chi connectivity index (χ0) is 26.2. The number of fused-ring (bicyclic) bond motifs is 1. The Kier molecular flexibility index (Phi) is 8.10. The number of aromatic amines is 1. The van der Waals surface area contributed by atoms with Crippen LogP contribution in [-0.4, -0.2) is 45.1 Å². The van der Waals surface area contributed by atoms with Crippen LogP contribution in [-0.2, 0) is 11.2 Å². The first-order valence-corrected chi connectivity index (χ1v) is 13.3. The molecular formula is C30H27N5O2S. The van der Waals surface area contributed by atoms with Crippen molar-refractivity contribution in [2.45, 2.75) is 17.4 Å². The van der Waals surface area contributed by atoms with Crippen molar-refractivity contribution in [3.05, 3.63) is 115 Å². The third-order valence-electron chi connectivity index (χ3n) is 6.04. The molecule has 0 spiro atoms. The van der Waals surface area contributed by atoms with Gasteiger partial charge in [-0.25, -0.2) is 4.98 Å². The van der Waals surface area contributed by atoms with E-state index in [1.54, 1.807) is 30.6 Å². The van der Waals surface area contributed by atoms with Gasteiger partial charge in [0.2, 0.25) is 5.91 Å². The number of carbonyl (C=O) groups is 2. The number of carbonyl (C=O) groups excluding carboxylic acids is 2. The molecule has 0 fully saturated rings. The van der Waals surface area contributed by atoms with Gasteiger partial charge in [0, 0.05) is 40.7 Å². The average molecular weight is 522 g/mol. The predicted molar refractivity (Wildman–Crippen MR) is 151 cm³/mol. The van der Waals surface area contributed by atoms with E-state index in [1.807, 2.05) is 72.8 Å². The first-order valence-electron chi connectivity index (χ1n) is 12.4. The van der Waals surface area contributed by atoms with Crippen LogP contribution in [0.25, 0.3) is 22.4 Å². The van der Waals surface area contributed by atoms with Crippen LogP contribution >= 0.6 is 11.8 Å². The molecule has 7 nitrogen and oxygen atoms in total. The summed E-state index contributed by atoms with van der Waals surface area (Å²) in [4.78, 5) is 39.3. The number of nitrogens with zero attached hydrogens (tertiary/aromatic N) is 2. The third-order valence-corrected chi connectivity index (χ3v) is 7.14. The maximum atomic E-state index is 13.2. The Hall–Kier alpha value is -4.43. The molecule has 8 heteroatoms. The van der Waals surface area contributed by atoms with E-state index in [4.69, 9.17) is 0 Å². The normalized spacial score (nSPS) is 11.7. The highest BCUT2D eigenvalue weighted by Gasteiger charge is 2.22. The van der Waals surface area contributed by atoms with Crippen molar-refractivity contribution in [3.63, 3.8) is 0 Å². The van der Waals surface area contributed by atoms with Gasteiger partial charge in [-0.3, -0.25) is 14.6 Å². The van der Waals surface area contributed by atoms with Crippen LogP contribution in [0.2, 0.25) is 0 Å². The second-order valence-electron chi connectivity index (χ2n) is 8.73. The van der Waals surface area contributed by atoms with E-state index in [2.05, 4.69) is 25.6 Å². The van der Waals surface area contributed by atoms with E-state index in [9.17, 15) is 9.59 Å². The van der Waals surface area contributed by atoms with Gasteiger partial charge in [0.25, 0.3) is 5.91 Å². The summed E-state index contributed by atoms with van der Waals surface area (Å²) in [5, 5.41) is 5.93. The number of benzene rings is 3. The fraction of sp³-hybridized carbons (Fsp3) is 0.133. The van der Waals surface area contributed by atoms with Gasteiger partial charge in [-0.2, -0.15) is 0 Å². The van der Waals surface area contributed by atoms with E-state index in [0.29, 0.717) is 23.7 Å². The number of hydrogen-bond acceptors (Lipinski definition) is 5. The molecule has 2 aromatic heterocycles. The first kappa shape index (κ1) is 25.2. The standard InChI is InChI=1S/C30H27N5O2S/c36-29(23-11-12-25-26(19-23)34-28(33-25)22-14-16-31-17-15-22)35-27(20-38-24-9-5-2-6-10-24)30(37)32-18-13-21-7-3-1-4-8-21/h1-12,14-17,19,27H,13,18,20H2,(H,32,37)(H,33,34)(H,35,36). The summed E-state index contributed by atoms with van der Waals surface area (Å²) < 4.78 is 0. The van der Waals surface area contributed by atoms with Gasteiger partial charge >= 0.3 is 0 Å². The molecule has 0 aliphatic rings. The van der Waals surface area contributed by atoms with Crippen LogP contribution in [0.1, 0.15) is 15.9 Å². The van der Waals surface area contributed by atoms with Crippen molar-refractivity contribution in [2.24, 2.45) is 0 Å². The molecule has 0 bridgehead atoms. The van der Waals surface area contributed by atoms with Crippen molar-refractivity contribution in [3.8, 4) is 11.4 Å². The zero-order valence-electron chi connectivity index (χ0n) is 20.6. The van der Waals surface area contributed by atoms with E-state index in [1.165, 1.54) is 11.8 Å². The Bertz CT molecular complexity index is 1510. The summed E-state index contributed by atoms with van der Waals surface area (Å²) >= 11 is 1.53. The van der Waals surface area contributed by atoms with Crippen molar-refractivity contribution < 1.29 is 9.59 Å². The molecule has 3 N–H and O–H groups in total. The minimum absolute atomic E-state index is 0.208. The molecule has 5 aromatic rings. The number of thioether (sulfide) groups is 1. The van der Waals surface area contributed by atoms with Crippen LogP contribution in [0.4, 0.5) is 0 Å². The highest BCUT2D eigenvalue weighted by Crippen LogP contribution is 2.21. The van der Waals surface area contributed by atoms with E-state index in [-0.39, 0.29) is 11.8 Å². The Balaban J connectivity index is 1.28. The molecular weight excluding hydrogens is 494 g/mol. The predicted octanol–water partition coefficient (Wildman–Crippen LogP) is 4.87. The zero-order valence-corrected chi connectivity index (χ0v) is 21.4. The van der Waals surface area contributed by atoms with Crippen LogP contribution in [0.5, 0.6) is 0 Å². The number of imidazole rings is 1. The SMILES string of the molecule is O=C(NC(CSc1ccccc1)C(=O)NCCc1ccccc1)c1ccc2nc(-c3ccncc3)[nH]c2c1. The molecule has 38 heavy (non-hydrogen) atoms. The van der Waals surface area contributed by atoms with Gasteiger partial charge < -0.3 is 15.6 Å². The van der Waals surface area contributed by atoms with Crippen molar-refractivity contribution in [1.82, 2.24) is 25.6 Å². The second kappa shape index (κ2) is 12.2. The van der Waals surface area contributed by atoms with Crippen molar-refractivity contribution >= 4 is 34.6 Å². The number of rotatable bonds is 10. The minimum atomic E-state index is -0.701. The lowest BCUT2D eigenvalue weighted by Crippen LogP contribution is -2.48. The van der Waals surface area contributed by atoms with Gasteiger partial charge in [-0.1, -0.05) is 48.5 Å². The van der Waals surface area contributed by atoms with E-state index < -0.39 is 6.04 Å². The molecule has 0 saturated carbocycles. The molecule has 0 aliphatic carbocycles. The minimum Gasteiger partial charge on any atom is -0.354 e. The van der Waals surface area contributed by atoms with E-state index in [0.717, 1.165) is 33.5 Å². The molecule has 0 saturated heterocycles. The Morgan fingerprint density at radius 1 is 0.895 bits per heavy atom. The summed E-state index contributed by atoms with van der Waals surface area (Å²) in [6, 6.07) is 28.2. The molecule has 190 valence electrons. The fourth-order valence-corrected chi connectivity index (χ4v) is 4.96. The summed E-state index contributed by atoms with van der Waals surface area (Å²) in [6.07, 6.45) is 4.13. The quantitative estimate of drug-likeness (QED) is 0.228. The van der Waals surface area contributed by atoms with Crippen LogP contribution < -0.4 is 10.6 Å². The maximum absolute atomic E-state index is 13.2. The highest BCUT2D eigenvalue weighted by atomic mass is 32.2. The summed E-state index contributed by atoms with van der Waals surface area (Å²) in [7, 11) is 0. The van der Waals surface area contributed by atoms with Gasteiger partial charge in [-0.05, 0) is 54.4 Å². The first-order chi connectivity index (χ1) is 18.7. The lowest BCUT2D eigenvalue weighted by atomic mass is 10.1. The Morgan fingerprint density at radius 2 is 1.63 bits per heavy atom. The summed E-state index contributed by atoms with van der Waals surface area (Å²) in [6.45, 7) is 0.489. The van der Waals surface area contributed by atoms with Gasteiger partial charge in [-0.15, -0.1) is 11.8 Å². The number of nitrogens with one attached hydrogen (secondary N) is 3. The number of pyridine rings is 1. The Labute approximate surface area is 225 Å². The molecule has 2 amide bonds. The van der Waals surface area contributed by atoms with E-state index >= 15 is 0 Å². The monoisotopic (exact) mass is 521 g/mol. The maximum Gasteiger partial charge on any atom is 0.252 e. The third kappa shape index (κ3) is 6.46. The molecule has 0 aliphatic heterocycles. The highest BCUT2D eigenvalue weighted by molar-refractivity contribution is 7.99. The number of aromatic nitrogens is 3. The van der Waals surface area contributed by atoms with Crippen LogP contribution in [0, 0.1) is 0 Å². The summed E-state index contributed by atoms with van der Waals surface area (Å²) in [5.74, 6) is 0.588. The van der Waals surface area contributed by atoms with Crippen molar-refractivity contribution in [1.29, 1.82) is 0 Å². The van der Waals surface area contributed by atoms with Gasteiger partial charge in [0.05, 0.1) is 11.0 Å².